The molecule has 0 radical (unpaired) electrons. The number of carbonyl (C=O) groups excluding carboxylic acids is 1. The van der Waals surface area contributed by atoms with Crippen LogP contribution in [0.3, 0.4) is 0 Å². The van der Waals surface area contributed by atoms with Crippen molar-refractivity contribution in [3.63, 3.8) is 0 Å². The van der Waals surface area contributed by atoms with Crippen LogP contribution in [0.2, 0.25) is 0 Å². The van der Waals surface area contributed by atoms with Crippen LogP contribution in [0.5, 0.6) is 0 Å². The zero-order valence-electron chi connectivity index (χ0n) is 17.5. The van der Waals surface area contributed by atoms with E-state index in [1.165, 1.54) is 5.56 Å². The van der Waals surface area contributed by atoms with E-state index < -0.39 is 0 Å². The summed E-state index contributed by atoms with van der Waals surface area (Å²) in [5, 5.41) is 3.29. The van der Waals surface area contributed by atoms with Gasteiger partial charge in [0.1, 0.15) is 0 Å². The highest BCUT2D eigenvalue weighted by molar-refractivity contribution is 14.0. The predicted molar refractivity (Wildman–Crippen MR) is 127 cm³/mol. The number of morpholine rings is 1. The molecule has 0 aliphatic carbocycles. The summed E-state index contributed by atoms with van der Waals surface area (Å²) in [4.78, 5) is 23.3. The molecule has 0 bridgehead atoms. The number of benzene rings is 1. The number of guanidine groups is 1. The number of ether oxygens (including phenoxy) is 1. The van der Waals surface area contributed by atoms with Crippen molar-refractivity contribution < 1.29 is 9.53 Å². The summed E-state index contributed by atoms with van der Waals surface area (Å²) in [6, 6.07) is 10.2. The van der Waals surface area contributed by atoms with Gasteiger partial charge in [-0.3, -0.25) is 9.69 Å². The Kier molecular flexibility index (Phi) is 10.2. The van der Waals surface area contributed by atoms with Crippen molar-refractivity contribution in [3.05, 3.63) is 35.9 Å². The Hall–Kier alpha value is -1.39. The Labute approximate surface area is 191 Å². The van der Waals surface area contributed by atoms with E-state index in [0.29, 0.717) is 12.5 Å². The molecule has 2 heterocycles. The minimum Gasteiger partial charge on any atom is -0.379 e. The Morgan fingerprint density at radius 2 is 1.93 bits per heavy atom. The van der Waals surface area contributed by atoms with Crippen LogP contribution in [0.15, 0.2) is 35.3 Å². The van der Waals surface area contributed by atoms with Crippen molar-refractivity contribution in [2.24, 2.45) is 10.9 Å². The molecule has 0 aromatic heterocycles. The van der Waals surface area contributed by atoms with E-state index in [1.54, 1.807) is 19.0 Å². The van der Waals surface area contributed by atoms with Crippen LogP contribution >= 0.6 is 24.0 Å². The number of nitrogens with zero attached hydrogens (tertiary/aromatic N) is 4. The number of rotatable bonds is 6. The third kappa shape index (κ3) is 7.75. The molecular weight excluding hydrogens is 481 g/mol. The lowest BCUT2D eigenvalue weighted by molar-refractivity contribution is -0.127. The highest BCUT2D eigenvalue weighted by atomic mass is 127. The molecule has 2 fully saturated rings. The number of hydrogen-bond acceptors (Lipinski definition) is 4. The van der Waals surface area contributed by atoms with Crippen LogP contribution in [0.1, 0.15) is 12.0 Å². The van der Waals surface area contributed by atoms with Crippen molar-refractivity contribution in [2.75, 3.05) is 66.6 Å². The van der Waals surface area contributed by atoms with Crippen LogP contribution in [0.4, 0.5) is 0 Å². The van der Waals surface area contributed by atoms with Gasteiger partial charge in [0.25, 0.3) is 0 Å². The smallest absolute Gasteiger partial charge is 0.241 e. The minimum absolute atomic E-state index is 0. The molecule has 1 unspecified atom stereocenters. The van der Waals surface area contributed by atoms with E-state index in [1.807, 2.05) is 18.2 Å². The SMILES string of the molecule is CN(C)C(=O)CNC(=NCc1ccccc1)N1CCC(CN2CCOCC2)C1.I. The molecule has 2 aliphatic heterocycles. The van der Waals surface area contributed by atoms with Gasteiger partial charge in [-0.15, -0.1) is 24.0 Å². The molecule has 8 heteroatoms. The second kappa shape index (κ2) is 12.3. The summed E-state index contributed by atoms with van der Waals surface area (Å²) in [6.45, 7) is 7.70. The lowest BCUT2D eigenvalue weighted by Crippen LogP contribution is -2.45. The summed E-state index contributed by atoms with van der Waals surface area (Å²) < 4.78 is 5.45. The zero-order chi connectivity index (χ0) is 19.8. The Morgan fingerprint density at radius 3 is 2.62 bits per heavy atom. The van der Waals surface area contributed by atoms with Gasteiger partial charge < -0.3 is 19.9 Å². The van der Waals surface area contributed by atoms with Crippen molar-refractivity contribution in [1.82, 2.24) is 20.0 Å². The van der Waals surface area contributed by atoms with Gasteiger partial charge in [-0.05, 0) is 17.9 Å². The molecule has 1 amide bonds. The van der Waals surface area contributed by atoms with E-state index in [2.05, 4.69) is 27.2 Å². The van der Waals surface area contributed by atoms with Gasteiger partial charge in [-0.2, -0.15) is 0 Å². The third-order valence-corrected chi connectivity index (χ3v) is 5.36. The second-order valence-electron chi connectivity index (χ2n) is 7.78. The number of carbonyl (C=O) groups is 1. The maximum Gasteiger partial charge on any atom is 0.241 e. The van der Waals surface area contributed by atoms with Gasteiger partial charge in [-0.25, -0.2) is 4.99 Å². The number of aliphatic imine (C=N–C) groups is 1. The molecule has 7 nitrogen and oxygen atoms in total. The topological polar surface area (TPSA) is 60.4 Å². The van der Waals surface area contributed by atoms with E-state index in [9.17, 15) is 4.79 Å². The fourth-order valence-corrected chi connectivity index (χ4v) is 3.65. The third-order valence-electron chi connectivity index (χ3n) is 5.36. The highest BCUT2D eigenvalue weighted by Gasteiger charge is 2.27. The van der Waals surface area contributed by atoms with Crippen LogP contribution in [0.25, 0.3) is 0 Å². The fourth-order valence-electron chi connectivity index (χ4n) is 3.65. The minimum atomic E-state index is 0. The first-order valence-electron chi connectivity index (χ1n) is 10.2. The molecule has 1 N–H and O–H groups in total. The van der Waals surface area contributed by atoms with Crippen molar-refractivity contribution >= 4 is 35.8 Å². The van der Waals surface area contributed by atoms with Gasteiger partial charge >= 0.3 is 0 Å². The first-order valence-corrected chi connectivity index (χ1v) is 10.2. The normalized spacial score (nSPS) is 20.3. The molecular formula is C21H34IN5O2. The first kappa shape index (κ1) is 23.9. The zero-order valence-corrected chi connectivity index (χ0v) is 19.9. The number of hydrogen-bond donors (Lipinski definition) is 1. The fraction of sp³-hybridized carbons (Fsp3) is 0.619. The maximum absolute atomic E-state index is 12.0. The number of nitrogens with one attached hydrogen (secondary N) is 1. The molecule has 0 spiro atoms. The lowest BCUT2D eigenvalue weighted by atomic mass is 10.1. The lowest BCUT2D eigenvalue weighted by Gasteiger charge is -2.29. The highest BCUT2D eigenvalue weighted by Crippen LogP contribution is 2.18. The summed E-state index contributed by atoms with van der Waals surface area (Å²) in [5.74, 6) is 1.52. The van der Waals surface area contributed by atoms with Gasteiger partial charge in [0.05, 0.1) is 26.3 Å². The van der Waals surface area contributed by atoms with Gasteiger partial charge in [-0.1, -0.05) is 30.3 Å². The number of amides is 1. The van der Waals surface area contributed by atoms with Crippen molar-refractivity contribution in [2.45, 2.75) is 13.0 Å². The van der Waals surface area contributed by atoms with Crippen molar-refractivity contribution in [3.8, 4) is 0 Å². The largest absolute Gasteiger partial charge is 0.379 e. The monoisotopic (exact) mass is 515 g/mol. The number of likely N-dealkylation sites (tertiary alicyclic amines) is 1. The summed E-state index contributed by atoms with van der Waals surface area (Å²) in [5.41, 5.74) is 1.17. The summed E-state index contributed by atoms with van der Waals surface area (Å²) in [7, 11) is 3.55. The Morgan fingerprint density at radius 1 is 1.21 bits per heavy atom. The quantitative estimate of drug-likeness (QED) is 0.354. The summed E-state index contributed by atoms with van der Waals surface area (Å²) in [6.07, 6.45) is 1.16. The van der Waals surface area contributed by atoms with Gasteiger partial charge in [0.2, 0.25) is 5.91 Å². The Balaban J connectivity index is 0.00000300. The maximum atomic E-state index is 12.0. The van der Waals surface area contributed by atoms with E-state index in [0.717, 1.165) is 58.3 Å². The molecule has 0 saturated carbocycles. The molecule has 2 saturated heterocycles. The molecule has 2 aliphatic rings. The van der Waals surface area contributed by atoms with E-state index >= 15 is 0 Å². The molecule has 3 rings (SSSR count). The average molecular weight is 515 g/mol. The van der Waals surface area contributed by atoms with E-state index in [4.69, 9.17) is 9.73 Å². The van der Waals surface area contributed by atoms with Gasteiger partial charge in [0.15, 0.2) is 5.96 Å². The first-order chi connectivity index (χ1) is 13.6. The standard InChI is InChI=1S/C21H33N5O2.HI/c1-24(2)20(27)15-23-21(22-14-18-6-4-3-5-7-18)26-9-8-19(17-26)16-25-10-12-28-13-11-25;/h3-7,19H,8-17H2,1-2H3,(H,22,23);1H. The molecule has 162 valence electrons. The number of halogens is 1. The molecule has 1 aromatic rings. The van der Waals surface area contributed by atoms with Crippen molar-refractivity contribution in [1.29, 1.82) is 0 Å². The second-order valence-corrected chi connectivity index (χ2v) is 7.78. The van der Waals surface area contributed by atoms with E-state index in [-0.39, 0.29) is 36.4 Å². The Bertz CT molecular complexity index is 650. The van der Waals surface area contributed by atoms with Crippen LogP contribution in [-0.2, 0) is 16.1 Å². The van der Waals surface area contributed by atoms with Crippen LogP contribution in [-0.4, -0.2) is 93.1 Å². The van der Waals surface area contributed by atoms with Crippen LogP contribution in [0, 0.1) is 5.92 Å². The molecule has 1 atom stereocenters. The number of likely N-dealkylation sites (N-methyl/N-ethyl adjacent to an activating group) is 1. The summed E-state index contributed by atoms with van der Waals surface area (Å²) >= 11 is 0. The molecule has 1 aromatic carbocycles. The average Bonchev–Trinajstić information content (AvgIpc) is 3.17. The predicted octanol–water partition coefficient (Wildman–Crippen LogP) is 1.49. The molecule has 29 heavy (non-hydrogen) atoms. The van der Waals surface area contributed by atoms with Crippen LogP contribution < -0.4 is 5.32 Å². The van der Waals surface area contributed by atoms with Gasteiger partial charge in [0, 0.05) is 46.8 Å².